The molecule has 1 heterocycles. The minimum atomic E-state index is 0.180. The van der Waals surface area contributed by atoms with Crippen molar-refractivity contribution in [3.8, 4) is 11.5 Å². The van der Waals surface area contributed by atoms with Crippen LogP contribution in [0.5, 0.6) is 11.5 Å². The normalized spacial score (nSPS) is 12.2. The lowest BCUT2D eigenvalue weighted by molar-refractivity contribution is 0.354. The van der Waals surface area contributed by atoms with E-state index in [1.807, 2.05) is 17.4 Å². The molecule has 0 fully saturated rings. The third kappa shape index (κ3) is 3.39. The highest BCUT2D eigenvalue weighted by atomic mass is 32.1. The Morgan fingerprint density at radius 3 is 2.33 bits per heavy atom. The average molecular weight is 305 g/mol. The smallest absolute Gasteiger partial charge is 0.161 e. The Kier molecular flexibility index (Phi) is 5.26. The van der Waals surface area contributed by atoms with Crippen LogP contribution in [0, 0.1) is 13.8 Å². The van der Waals surface area contributed by atoms with Crippen LogP contribution in [0.1, 0.15) is 33.8 Å². The van der Waals surface area contributed by atoms with Crippen molar-refractivity contribution in [3.63, 3.8) is 0 Å². The third-order valence-corrected chi connectivity index (χ3v) is 4.52. The average Bonchev–Trinajstić information content (AvgIpc) is 2.82. The molecule has 1 unspecified atom stereocenters. The highest BCUT2D eigenvalue weighted by molar-refractivity contribution is 7.12. The largest absolute Gasteiger partial charge is 0.493 e. The maximum Gasteiger partial charge on any atom is 0.161 e. The highest BCUT2D eigenvalue weighted by Gasteiger charge is 2.18. The molecule has 4 heteroatoms. The van der Waals surface area contributed by atoms with Crippen molar-refractivity contribution in [3.05, 3.63) is 45.1 Å². The zero-order chi connectivity index (χ0) is 15.4. The minimum Gasteiger partial charge on any atom is -0.493 e. The van der Waals surface area contributed by atoms with Crippen LogP contribution in [0.2, 0.25) is 0 Å². The molecule has 0 aliphatic rings. The summed E-state index contributed by atoms with van der Waals surface area (Å²) in [5.41, 5.74) is 2.53. The quantitative estimate of drug-likeness (QED) is 0.872. The van der Waals surface area contributed by atoms with Gasteiger partial charge in [-0.25, -0.2) is 0 Å². The van der Waals surface area contributed by atoms with Crippen molar-refractivity contribution < 1.29 is 9.47 Å². The van der Waals surface area contributed by atoms with Gasteiger partial charge >= 0.3 is 0 Å². The van der Waals surface area contributed by atoms with Gasteiger partial charge in [-0.3, -0.25) is 0 Å². The summed E-state index contributed by atoms with van der Waals surface area (Å²) in [7, 11) is 3.33. The van der Waals surface area contributed by atoms with Crippen LogP contribution in [0.25, 0.3) is 0 Å². The number of hydrogen-bond donors (Lipinski definition) is 1. The molecule has 3 nitrogen and oxygen atoms in total. The summed E-state index contributed by atoms with van der Waals surface area (Å²) >= 11 is 1.84. The lowest BCUT2D eigenvalue weighted by Crippen LogP contribution is -2.22. The van der Waals surface area contributed by atoms with Crippen molar-refractivity contribution in [1.29, 1.82) is 0 Å². The van der Waals surface area contributed by atoms with Gasteiger partial charge in [0, 0.05) is 9.75 Å². The van der Waals surface area contributed by atoms with Crippen LogP contribution in [-0.4, -0.2) is 20.8 Å². The molecule has 0 amide bonds. The molecule has 0 aliphatic heterocycles. The maximum absolute atomic E-state index is 5.43. The molecule has 114 valence electrons. The van der Waals surface area contributed by atoms with Gasteiger partial charge in [-0.15, -0.1) is 11.3 Å². The van der Waals surface area contributed by atoms with Gasteiger partial charge in [0.2, 0.25) is 0 Å². The predicted octanol–water partition coefficient (Wildman–Crippen LogP) is 4.08. The van der Waals surface area contributed by atoms with Crippen molar-refractivity contribution in [2.24, 2.45) is 0 Å². The van der Waals surface area contributed by atoms with Crippen molar-refractivity contribution >= 4 is 11.3 Å². The SMILES string of the molecule is CCNC(c1ccc(OC)c(OC)c1)c1cc(C)sc1C. The van der Waals surface area contributed by atoms with Crippen molar-refractivity contribution in [2.45, 2.75) is 26.8 Å². The standard InChI is InChI=1S/C17H23NO2S/c1-6-18-17(14-9-11(2)21-12(14)3)13-7-8-15(19-4)16(10-13)20-5/h7-10,17-18H,6H2,1-5H3. The number of rotatable bonds is 6. The predicted molar refractivity (Wildman–Crippen MR) is 88.9 cm³/mol. The summed E-state index contributed by atoms with van der Waals surface area (Å²) in [6.45, 7) is 7.37. The van der Waals surface area contributed by atoms with Crippen molar-refractivity contribution in [1.82, 2.24) is 5.32 Å². The van der Waals surface area contributed by atoms with Gasteiger partial charge in [0.05, 0.1) is 20.3 Å². The fourth-order valence-corrected chi connectivity index (χ4v) is 3.54. The number of hydrogen-bond acceptors (Lipinski definition) is 4. The second-order valence-electron chi connectivity index (χ2n) is 4.97. The molecule has 21 heavy (non-hydrogen) atoms. The van der Waals surface area contributed by atoms with E-state index in [0.29, 0.717) is 0 Å². The van der Waals surface area contributed by atoms with E-state index in [4.69, 9.17) is 9.47 Å². The molecule has 0 saturated carbocycles. The molecular formula is C17H23NO2S. The molecule has 0 radical (unpaired) electrons. The van der Waals surface area contributed by atoms with Crippen LogP contribution in [0.15, 0.2) is 24.3 Å². The van der Waals surface area contributed by atoms with E-state index < -0.39 is 0 Å². The highest BCUT2D eigenvalue weighted by Crippen LogP contribution is 2.35. The number of ether oxygens (including phenoxy) is 2. The molecule has 2 aromatic rings. The number of methoxy groups -OCH3 is 2. The van der Waals surface area contributed by atoms with Crippen LogP contribution in [0.4, 0.5) is 0 Å². The van der Waals surface area contributed by atoms with Crippen LogP contribution in [-0.2, 0) is 0 Å². The zero-order valence-electron chi connectivity index (χ0n) is 13.3. The topological polar surface area (TPSA) is 30.5 Å². The lowest BCUT2D eigenvalue weighted by atomic mass is 9.98. The summed E-state index contributed by atoms with van der Waals surface area (Å²) in [6.07, 6.45) is 0. The first kappa shape index (κ1) is 15.9. The first-order valence-electron chi connectivity index (χ1n) is 7.13. The van der Waals surface area contributed by atoms with Gasteiger partial charge in [-0.05, 0) is 49.7 Å². The maximum atomic E-state index is 5.43. The minimum absolute atomic E-state index is 0.180. The van der Waals surface area contributed by atoms with E-state index in [1.54, 1.807) is 14.2 Å². The number of benzene rings is 1. The van der Waals surface area contributed by atoms with Gasteiger partial charge in [0.1, 0.15) is 0 Å². The second-order valence-corrected chi connectivity index (χ2v) is 6.43. The molecule has 1 N–H and O–H groups in total. The summed E-state index contributed by atoms with van der Waals surface area (Å²) in [6, 6.07) is 8.57. The van der Waals surface area contributed by atoms with Crippen LogP contribution < -0.4 is 14.8 Å². The van der Waals surface area contributed by atoms with Crippen LogP contribution >= 0.6 is 11.3 Å². The Balaban J connectivity index is 2.45. The molecular weight excluding hydrogens is 282 g/mol. The summed E-state index contributed by atoms with van der Waals surface area (Å²) in [5.74, 6) is 1.53. The van der Waals surface area contributed by atoms with Gasteiger partial charge in [0.25, 0.3) is 0 Å². The van der Waals surface area contributed by atoms with Crippen molar-refractivity contribution in [2.75, 3.05) is 20.8 Å². The van der Waals surface area contributed by atoms with E-state index in [-0.39, 0.29) is 6.04 Å². The monoisotopic (exact) mass is 305 g/mol. The summed E-state index contributed by atoms with van der Waals surface area (Å²) < 4.78 is 10.7. The molecule has 0 saturated heterocycles. The van der Waals surface area contributed by atoms with Crippen LogP contribution in [0.3, 0.4) is 0 Å². The molecule has 0 bridgehead atoms. The van der Waals surface area contributed by atoms with E-state index in [0.717, 1.165) is 18.0 Å². The molecule has 1 atom stereocenters. The van der Waals surface area contributed by atoms with Gasteiger partial charge in [0.15, 0.2) is 11.5 Å². The van der Waals surface area contributed by atoms with Gasteiger partial charge in [-0.1, -0.05) is 13.0 Å². The van der Waals surface area contributed by atoms with E-state index in [1.165, 1.54) is 20.9 Å². The first-order chi connectivity index (χ1) is 10.1. The lowest BCUT2D eigenvalue weighted by Gasteiger charge is -2.20. The van der Waals surface area contributed by atoms with E-state index >= 15 is 0 Å². The fourth-order valence-electron chi connectivity index (χ4n) is 2.58. The molecule has 1 aromatic heterocycles. The number of aryl methyl sites for hydroxylation is 2. The van der Waals surface area contributed by atoms with Gasteiger partial charge < -0.3 is 14.8 Å². The Labute approximate surface area is 130 Å². The first-order valence-corrected chi connectivity index (χ1v) is 7.94. The third-order valence-electron chi connectivity index (χ3n) is 3.54. The number of thiophene rings is 1. The molecule has 2 rings (SSSR count). The van der Waals surface area contributed by atoms with Gasteiger partial charge in [-0.2, -0.15) is 0 Å². The molecule has 1 aromatic carbocycles. The fraction of sp³-hybridized carbons (Fsp3) is 0.412. The zero-order valence-corrected chi connectivity index (χ0v) is 14.1. The summed E-state index contributed by atoms with van der Waals surface area (Å²) in [4.78, 5) is 2.69. The Morgan fingerprint density at radius 2 is 1.81 bits per heavy atom. The summed E-state index contributed by atoms with van der Waals surface area (Å²) in [5, 5.41) is 3.57. The van der Waals surface area contributed by atoms with E-state index in [9.17, 15) is 0 Å². The Bertz CT molecular complexity index is 607. The molecule has 0 aliphatic carbocycles. The Hall–Kier alpha value is -1.52. The second kappa shape index (κ2) is 6.96. The van der Waals surface area contributed by atoms with E-state index in [2.05, 4.69) is 44.3 Å². The molecule has 0 spiro atoms. The number of nitrogens with one attached hydrogen (secondary N) is 1. The Morgan fingerprint density at radius 1 is 1.10 bits per heavy atom.